The molecule has 2 saturated heterocycles. The molecule has 2 aliphatic heterocycles. The highest BCUT2D eigenvalue weighted by Gasteiger charge is 2.49. The number of ether oxygens (including phenoxy) is 2. The smallest absolute Gasteiger partial charge is 0.303 e. The van der Waals surface area contributed by atoms with Gasteiger partial charge in [0.2, 0.25) is 11.9 Å². The minimum Gasteiger partial charge on any atom is -0.481 e. The molecule has 176 valence electrons. The quantitative estimate of drug-likeness (QED) is 0.546. The standard InChI is InChI=1S/C23H28N4O6/c28-18(10-23(11-19(29)30)6-1-2-7-23)25-15-12-32-21-16(13-33-20(15)21)27-22-24-8-5-14(26-22)17-4-3-9-31-17/h3-5,8-9,15-16,20-21H,1-2,6-7,10-13H2,(H,25,28)(H,29,30)(H,24,26,27). The van der Waals surface area contributed by atoms with E-state index in [1.165, 1.54) is 0 Å². The molecular formula is C23H28N4O6. The number of aliphatic carboxylic acids is 1. The van der Waals surface area contributed by atoms with Gasteiger partial charge >= 0.3 is 5.97 Å². The number of furan rings is 1. The van der Waals surface area contributed by atoms with Crippen LogP contribution in [-0.4, -0.2) is 64.5 Å². The van der Waals surface area contributed by atoms with Crippen molar-refractivity contribution in [2.24, 2.45) is 5.41 Å². The molecule has 4 unspecified atom stereocenters. The Morgan fingerprint density at radius 2 is 1.85 bits per heavy atom. The number of anilines is 1. The van der Waals surface area contributed by atoms with Crippen molar-refractivity contribution < 1.29 is 28.6 Å². The molecule has 0 bridgehead atoms. The maximum atomic E-state index is 12.8. The van der Waals surface area contributed by atoms with E-state index in [4.69, 9.17) is 13.9 Å². The molecule has 10 heteroatoms. The number of aromatic nitrogens is 2. The van der Waals surface area contributed by atoms with Crippen LogP contribution in [0.5, 0.6) is 0 Å². The number of fused-ring (bicyclic) bond motifs is 1. The second-order valence-electron chi connectivity index (χ2n) is 9.22. The summed E-state index contributed by atoms with van der Waals surface area (Å²) in [5.41, 5.74) is 0.235. The summed E-state index contributed by atoms with van der Waals surface area (Å²) in [6.07, 6.45) is 6.49. The zero-order valence-corrected chi connectivity index (χ0v) is 18.2. The summed E-state index contributed by atoms with van der Waals surface area (Å²) in [6.45, 7) is 0.747. The first kappa shape index (κ1) is 21.8. The molecule has 1 saturated carbocycles. The Kier molecular flexibility index (Phi) is 6.03. The predicted octanol–water partition coefficient (Wildman–Crippen LogP) is 2.22. The molecule has 33 heavy (non-hydrogen) atoms. The van der Waals surface area contributed by atoms with Crippen LogP contribution in [0, 0.1) is 5.41 Å². The SMILES string of the molecule is O=C(O)CC1(CC(=O)NC2COC3C(Nc4nccc(-c5ccco5)n4)COC23)CCCC1. The van der Waals surface area contributed by atoms with Crippen molar-refractivity contribution in [3.63, 3.8) is 0 Å². The monoisotopic (exact) mass is 456 g/mol. The van der Waals surface area contributed by atoms with Crippen molar-refractivity contribution in [2.75, 3.05) is 18.5 Å². The zero-order valence-electron chi connectivity index (χ0n) is 18.2. The maximum Gasteiger partial charge on any atom is 0.303 e. The van der Waals surface area contributed by atoms with Crippen molar-refractivity contribution >= 4 is 17.8 Å². The van der Waals surface area contributed by atoms with E-state index in [9.17, 15) is 14.7 Å². The lowest BCUT2D eigenvalue weighted by Crippen LogP contribution is -2.46. The summed E-state index contributed by atoms with van der Waals surface area (Å²) in [7, 11) is 0. The lowest BCUT2D eigenvalue weighted by Gasteiger charge is -2.27. The van der Waals surface area contributed by atoms with Gasteiger partial charge in [0.1, 0.15) is 17.9 Å². The summed E-state index contributed by atoms with van der Waals surface area (Å²) in [4.78, 5) is 32.9. The number of carboxylic acid groups (broad SMARTS) is 1. The van der Waals surface area contributed by atoms with Crippen LogP contribution < -0.4 is 10.6 Å². The van der Waals surface area contributed by atoms with E-state index in [-0.39, 0.29) is 43.0 Å². The van der Waals surface area contributed by atoms with E-state index < -0.39 is 11.4 Å². The molecule has 1 aliphatic carbocycles. The van der Waals surface area contributed by atoms with Crippen LogP contribution in [0.4, 0.5) is 5.95 Å². The van der Waals surface area contributed by atoms with Gasteiger partial charge in [0.05, 0.1) is 38.0 Å². The molecule has 1 amide bonds. The van der Waals surface area contributed by atoms with E-state index in [0.717, 1.165) is 25.7 Å². The van der Waals surface area contributed by atoms with Crippen molar-refractivity contribution in [2.45, 2.75) is 62.8 Å². The van der Waals surface area contributed by atoms with Crippen molar-refractivity contribution in [3.05, 3.63) is 30.7 Å². The molecule has 5 rings (SSSR count). The first-order valence-corrected chi connectivity index (χ1v) is 11.4. The molecule has 4 heterocycles. The van der Waals surface area contributed by atoms with E-state index in [1.54, 1.807) is 24.6 Å². The average Bonchev–Trinajstić information content (AvgIpc) is 3.56. The second kappa shape index (κ2) is 9.11. The minimum atomic E-state index is -0.847. The first-order valence-electron chi connectivity index (χ1n) is 11.4. The van der Waals surface area contributed by atoms with Crippen LogP contribution in [0.1, 0.15) is 38.5 Å². The lowest BCUT2D eigenvalue weighted by molar-refractivity contribution is -0.140. The number of carboxylic acids is 1. The molecular weight excluding hydrogens is 428 g/mol. The normalized spacial score (nSPS) is 27.9. The van der Waals surface area contributed by atoms with Gasteiger partial charge in [-0.05, 0) is 36.5 Å². The van der Waals surface area contributed by atoms with Gasteiger partial charge in [0.25, 0.3) is 0 Å². The van der Waals surface area contributed by atoms with Gasteiger partial charge in [-0.1, -0.05) is 12.8 Å². The highest BCUT2D eigenvalue weighted by atomic mass is 16.6. The van der Waals surface area contributed by atoms with Crippen LogP contribution in [0.15, 0.2) is 35.1 Å². The topological polar surface area (TPSA) is 136 Å². The fourth-order valence-electron chi connectivity index (χ4n) is 5.36. The summed E-state index contributed by atoms with van der Waals surface area (Å²) in [6, 6.07) is 4.99. The summed E-state index contributed by atoms with van der Waals surface area (Å²) in [5.74, 6) is 0.122. The first-order chi connectivity index (χ1) is 16.0. The van der Waals surface area contributed by atoms with Crippen LogP contribution in [-0.2, 0) is 19.1 Å². The van der Waals surface area contributed by atoms with Crippen LogP contribution in [0.25, 0.3) is 11.5 Å². The summed E-state index contributed by atoms with van der Waals surface area (Å²) >= 11 is 0. The molecule has 2 aromatic heterocycles. The molecule has 10 nitrogen and oxygen atoms in total. The Morgan fingerprint density at radius 3 is 2.58 bits per heavy atom. The Morgan fingerprint density at radius 1 is 1.09 bits per heavy atom. The van der Waals surface area contributed by atoms with Gasteiger partial charge in [-0.15, -0.1) is 0 Å². The van der Waals surface area contributed by atoms with Crippen LogP contribution in [0.2, 0.25) is 0 Å². The number of carbonyl (C=O) groups is 2. The highest BCUT2D eigenvalue weighted by molar-refractivity contribution is 5.78. The third-order valence-electron chi connectivity index (χ3n) is 6.87. The van der Waals surface area contributed by atoms with E-state index in [1.807, 2.05) is 6.07 Å². The van der Waals surface area contributed by atoms with Crippen molar-refractivity contribution in [1.29, 1.82) is 0 Å². The van der Waals surface area contributed by atoms with Gasteiger partial charge < -0.3 is 29.6 Å². The molecule has 4 atom stereocenters. The number of carbonyl (C=O) groups excluding carboxylic acids is 1. The third-order valence-corrected chi connectivity index (χ3v) is 6.87. The number of hydrogen-bond acceptors (Lipinski definition) is 8. The van der Waals surface area contributed by atoms with E-state index in [0.29, 0.717) is 30.6 Å². The van der Waals surface area contributed by atoms with Gasteiger partial charge in [-0.2, -0.15) is 0 Å². The van der Waals surface area contributed by atoms with Gasteiger partial charge in [0, 0.05) is 12.6 Å². The maximum absolute atomic E-state index is 12.8. The molecule has 3 aliphatic rings. The average molecular weight is 456 g/mol. The number of nitrogens with zero attached hydrogens (tertiary/aromatic N) is 2. The number of rotatable bonds is 8. The molecule has 0 radical (unpaired) electrons. The Labute approximate surface area is 191 Å². The van der Waals surface area contributed by atoms with Crippen molar-refractivity contribution in [1.82, 2.24) is 15.3 Å². The minimum absolute atomic E-state index is 0.0349. The van der Waals surface area contributed by atoms with Crippen LogP contribution >= 0.6 is 0 Å². The molecule has 0 spiro atoms. The predicted molar refractivity (Wildman–Crippen MR) is 116 cm³/mol. The summed E-state index contributed by atoms with van der Waals surface area (Å²) in [5, 5.41) is 15.6. The second-order valence-corrected chi connectivity index (χ2v) is 9.22. The largest absolute Gasteiger partial charge is 0.481 e. The molecule has 3 N–H and O–H groups in total. The van der Waals surface area contributed by atoms with E-state index >= 15 is 0 Å². The number of nitrogens with one attached hydrogen (secondary N) is 2. The molecule has 3 fully saturated rings. The fraction of sp³-hybridized carbons (Fsp3) is 0.565. The van der Waals surface area contributed by atoms with E-state index in [2.05, 4.69) is 20.6 Å². The Bertz CT molecular complexity index is 991. The number of hydrogen-bond donors (Lipinski definition) is 3. The van der Waals surface area contributed by atoms with Gasteiger partial charge in [-0.25, -0.2) is 9.97 Å². The van der Waals surface area contributed by atoms with Gasteiger partial charge in [0.15, 0.2) is 5.76 Å². The third kappa shape index (κ3) is 4.72. The summed E-state index contributed by atoms with van der Waals surface area (Å²) < 4.78 is 17.3. The molecule has 2 aromatic rings. The Balaban J connectivity index is 1.18. The lowest BCUT2D eigenvalue weighted by atomic mass is 9.79. The highest BCUT2D eigenvalue weighted by Crippen LogP contribution is 2.44. The Hall–Kier alpha value is -2.98. The van der Waals surface area contributed by atoms with Gasteiger partial charge in [-0.3, -0.25) is 9.59 Å². The van der Waals surface area contributed by atoms with Crippen LogP contribution in [0.3, 0.4) is 0 Å². The van der Waals surface area contributed by atoms with Crippen molar-refractivity contribution in [3.8, 4) is 11.5 Å². The number of amides is 1. The molecule has 0 aromatic carbocycles. The zero-order chi connectivity index (χ0) is 22.8. The fourth-order valence-corrected chi connectivity index (χ4v) is 5.36.